The van der Waals surface area contributed by atoms with Crippen molar-refractivity contribution in [3.63, 3.8) is 0 Å². The van der Waals surface area contributed by atoms with Crippen LogP contribution in [0.1, 0.15) is 31.9 Å². The van der Waals surface area contributed by atoms with Crippen molar-refractivity contribution < 1.29 is 14.3 Å². The van der Waals surface area contributed by atoms with Crippen molar-refractivity contribution in [2.75, 3.05) is 19.5 Å². The number of carbonyl (C=O) groups excluding carboxylic acids is 1. The Labute approximate surface area is 159 Å². The second-order valence-electron chi connectivity index (χ2n) is 6.16. The van der Waals surface area contributed by atoms with Gasteiger partial charge in [0.15, 0.2) is 0 Å². The van der Waals surface area contributed by atoms with E-state index >= 15 is 0 Å². The Morgan fingerprint density at radius 3 is 2.38 bits per heavy atom. The Hall–Kier alpha value is -2.24. The highest BCUT2D eigenvalue weighted by atomic mass is 35.5. The van der Waals surface area contributed by atoms with Crippen molar-refractivity contribution in [1.82, 2.24) is 5.32 Å². The van der Waals surface area contributed by atoms with Crippen LogP contribution in [0.5, 0.6) is 11.5 Å². The predicted octanol–water partition coefficient (Wildman–Crippen LogP) is 4.43. The zero-order chi connectivity index (χ0) is 19.1. The fraction of sp³-hybridized carbons (Fsp3) is 0.350. The second-order valence-corrected chi connectivity index (χ2v) is 6.60. The van der Waals surface area contributed by atoms with E-state index in [-0.39, 0.29) is 18.0 Å². The maximum atomic E-state index is 12.4. The van der Waals surface area contributed by atoms with Crippen LogP contribution in [-0.2, 0) is 4.79 Å². The first kappa shape index (κ1) is 20.1. The molecule has 2 atom stereocenters. The molecule has 2 aromatic rings. The van der Waals surface area contributed by atoms with Gasteiger partial charge in [0.2, 0.25) is 5.91 Å². The molecule has 0 saturated heterocycles. The van der Waals surface area contributed by atoms with E-state index in [2.05, 4.69) is 17.6 Å². The molecule has 2 aromatic carbocycles. The average molecular weight is 377 g/mol. The highest BCUT2D eigenvalue weighted by Crippen LogP contribution is 2.29. The van der Waals surface area contributed by atoms with Gasteiger partial charge in [-0.05, 0) is 43.7 Å². The summed E-state index contributed by atoms with van der Waals surface area (Å²) in [6.45, 7) is 4.04. The number of carbonyl (C=O) groups is 1. The molecule has 6 heteroatoms. The third-order valence-electron chi connectivity index (χ3n) is 4.08. The van der Waals surface area contributed by atoms with Crippen molar-refractivity contribution in [2.24, 2.45) is 0 Å². The van der Waals surface area contributed by atoms with Gasteiger partial charge in [-0.3, -0.25) is 4.79 Å². The van der Waals surface area contributed by atoms with Gasteiger partial charge >= 0.3 is 0 Å². The van der Waals surface area contributed by atoms with Gasteiger partial charge in [-0.25, -0.2) is 0 Å². The van der Waals surface area contributed by atoms with E-state index in [9.17, 15) is 4.79 Å². The number of hydrogen-bond donors (Lipinski definition) is 2. The van der Waals surface area contributed by atoms with Gasteiger partial charge in [0, 0.05) is 29.6 Å². The fourth-order valence-electron chi connectivity index (χ4n) is 2.71. The molecule has 0 fully saturated rings. The van der Waals surface area contributed by atoms with Gasteiger partial charge in [0.05, 0.1) is 19.9 Å². The number of anilines is 1. The molecule has 0 bridgehead atoms. The van der Waals surface area contributed by atoms with E-state index in [4.69, 9.17) is 21.1 Å². The Balaban J connectivity index is 1.91. The Bertz CT molecular complexity index is 734. The molecule has 0 aliphatic carbocycles. The summed E-state index contributed by atoms with van der Waals surface area (Å²) in [6.07, 6.45) is 0.340. The van der Waals surface area contributed by atoms with E-state index in [0.29, 0.717) is 28.6 Å². The minimum absolute atomic E-state index is 0.00456. The average Bonchev–Trinajstić information content (AvgIpc) is 2.62. The molecule has 0 aromatic heterocycles. The summed E-state index contributed by atoms with van der Waals surface area (Å²) in [5.74, 6) is 1.15. The van der Waals surface area contributed by atoms with Crippen molar-refractivity contribution in [2.45, 2.75) is 32.4 Å². The molecule has 0 radical (unpaired) electrons. The number of hydrogen-bond acceptors (Lipinski definition) is 4. The Morgan fingerprint density at radius 1 is 1.08 bits per heavy atom. The summed E-state index contributed by atoms with van der Waals surface area (Å²) in [6, 6.07) is 13.1. The molecule has 26 heavy (non-hydrogen) atoms. The zero-order valence-corrected chi connectivity index (χ0v) is 16.3. The van der Waals surface area contributed by atoms with E-state index in [1.165, 1.54) is 0 Å². The Morgan fingerprint density at radius 2 is 1.77 bits per heavy atom. The lowest BCUT2D eigenvalue weighted by molar-refractivity contribution is -0.116. The van der Waals surface area contributed by atoms with Crippen LogP contribution in [0, 0.1) is 0 Å². The quantitative estimate of drug-likeness (QED) is 0.715. The number of amides is 1. The highest BCUT2D eigenvalue weighted by Gasteiger charge is 2.15. The molecule has 140 valence electrons. The monoisotopic (exact) mass is 376 g/mol. The van der Waals surface area contributed by atoms with E-state index in [1.54, 1.807) is 32.4 Å². The van der Waals surface area contributed by atoms with Gasteiger partial charge in [0.1, 0.15) is 11.5 Å². The van der Waals surface area contributed by atoms with Crippen LogP contribution in [0.2, 0.25) is 5.02 Å². The summed E-state index contributed by atoms with van der Waals surface area (Å²) in [4.78, 5) is 12.4. The molecular weight excluding hydrogens is 352 g/mol. The molecule has 0 aliphatic heterocycles. The van der Waals surface area contributed by atoms with Crippen LogP contribution < -0.4 is 20.1 Å². The maximum absolute atomic E-state index is 12.4. The van der Waals surface area contributed by atoms with Crippen LogP contribution >= 0.6 is 11.6 Å². The van der Waals surface area contributed by atoms with Crippen LogP contribution in [0.4, 0.5) is 5.69 Å². The number of benzene rings is 2. The first-order valence-electron chi connectivity index (χ1n) is 8.46. The predicted molar refractivity (Wildman–Crippen MR) is 105 cm³/mol. The van der Waals surface area contributed by atoms with Gasteiger partial charge in [-0.2, -0.15) is 0 Å². The van der Waals surface area contributed by atoms with Gasteiger partial charge in [-0.15, -0.1) is 0 Å². The molecule has 0 saturated carbocycles. The van der Waals surface area contributed by atoms with Crippen molar-refractivity contribution in [1.29, 1.82) is 0 Å². The molecular formula is C20H25ClN2O3. The van der Waals surface area contributed by atoms with Gasteiger partial charge < -0.3 is 20.1 Å². The fourth-order valence-corrected chi connectivity index (χ4v) is 2.84. The minimum Gasteiger partial charge on any atom is -0.497 e. The first-order valence-corrected chi connectivity index (χ1v) is 8.84. The summed E-state index contributed by atoms with van der Waals surface area (Å²) in [7, 11) is 3.14. The molecule has 0 heterocycles. The summed E-state index contributed by atoms with van der Waals surface area (Å²) in [5, 5.41) is 7.02. The first-order chi connectivity index (χ1) is 12.4. The molecule has 0 spiro atoms. The summed E-state index contributed by atoms with van der Waals surface area (Å²) < 4.78 is 10.5. The number of nitrogens with one attached hydrogen (secondary N) is 2. The lowest BCUT2D eigenvalue weighted by Crippen LogP contribution is -2.32. The molecule has 2 rings (SSSR count). The highest BCUT2D eigenvalue weighted by molar-refractivity contribution is 6.30. The maximum Gasteiger partial charge on any atom is 0.226 e. The second kappa shape index (κ2) is 9.46. The lowest BCUT2D eigenvalue weighted by Gasteiger charge is -2.20. The SMILES string of the molecule is COc1ccc(NC(=O)CC(C)NC(C)c2ccc(Cl)cc2)c(OC)c1. The smallest absolute Gasteiger partial charge is 0.226 e. The van der Waals surface area contributed by atoms with Crippen LogP contribution in [0.15, 0.2) is 42.5 Å². The van der Waals surface area contributed by atoms with Crippen molar-refractivity contribution >= 4 is 23.2 Å². The topological polar surface area (TPSA) is 59.6 Å². The van der Waals surface area contributed by atoms with E-state index < -0.39 is 0 Å². The standard InChI is InChI=1S/C20H25ClN2O3/c1-13(22-14(2)15-5-7-16(21)8-6-15)11-20(24)23-18-10-9-17(25-3)12-19(18)26-4/h5-10,12-14,22H,11H2,1-4H3,(H,23,24). The molecule has 2 N–H and O–H groups in total. The third-order valence-corrected chi connectivity index (χ3v) is 4.33. The van der Waals surface area contributed by atoms with Crippen molar-refractivity contribution in [3.05, 3.63) is 53.1 Å². The summed E-state index contributed by atoms with van der Waals surface area (Å²) in [5.41, 5.74) is 1.75. The number of rotatable bonds is 8. The number of methoxy groups -OCH3 is 2. The normalized spacial score (nSPS) is 13.0. The minimum atomic E-state index is -0.0863. The van der Waals surface area contributed by atoms with Crippen LogP contribution in [-0.4, -0.2) is 26.2 Å². The summed E-state index contributed by atoms with van der Waals surface area (Å²) >= 11 is 5.92. The van der Waals surface area contributed by atoms with Crippen molar-refractivity contribution in [3.8, 4) is 11.5 Å². The largest absolute Gasteiger partial charge is 0.497 e. The van der Waals surface area contributed by atoms with Gasteiger partial charge in [0.25, 0.3) is 0 Å². The third kappa shape index (κ3) is 5.64. The Kier molecular flexibility index (Phi) is 7.30. The number of ether oxygens (including phenoxy) is 2. The van der Waals surface area contributed by atoms with E-state index in [1.807, 2.05) is 31.2 Å². The van der Waals surface area contributed by atoms with Gasteiger partial charge in [-0.1, -0.05) is 23.7 Å². The molecule has 1 amide bonds. The van der Waals surface area contributed by atoms with Crippen LogP contribution in [0.25, 0.3) is 0 Å². The van der Waals surface area contributed by atoms with E-state index in [0.717, 1.165) is 5.56 Å². The molecule has 5 nitrogen and oxygen atoms in total. The molecule has 0 aliphatic rings. The zero-order valence-electron chi connectivity index (χ0n) is 15.5. The lowest BCUT2D eigenvalue weighted by atomic mass is 10.1. The van der Waals surface area contributed by atoms with Crippen LogP contribution in [0.3, 0.4) is 0 Å². The molecule has 2 unspecified atom stereocenters. The number of halogens is 1.